The summed E-state index contributed by atoms with van der Waals surface area (Å²) in [7, 11) is 0. The molecule has 3 heteroatoms. The molecule has 2 N–H and O–H groups in total. The molecule has 0 bridgehead atoms. The van der Waals surface area contributed by atoms with Crippen LogP contribution in [-0.2, 0) is 0 Å². The lowest BCUT2D eigenvalue weighted by molar-refractivity contribution is 0.489. The highest BCUT2D eigenvalue weighted by Gasteiger charge is 2.29. The van der Waals surface area contributed by atoms with Gasteiger partial charge in [-0.25, -0.2) is 4.39 Å². The first-order valence-corrected chi connectivity index (χ1v) is 6.83. The van der Waals surface area contributed by atoms with Gasteiger partial charge in [-0.3, -0.25) is 0 Å². The molecule has 1 aliphatic heterocycles. The smallest absolute Gasteiger partial charge is 0.130 e. The van der Waals surface area contributed by atoms with E-state index < -0.39 is 0 Å². The second-order valence-electron chi connectivity index (χ2n) is 5.61. The zero-order valence-electron chi connectivity index (χ0n) is 11.5. The van der Waals surface area contributed by atoms with Gasteiger partial charge in [0.2, 0.25) is 0 Å². The molecular weight excluding hydrogens is 227 g/mol. The summed E-state index contributed by atoms with van der Waals surface area (Å²) in [6.07, 6.45) is 2.37. The van der Waals surface area contributed by atoms with Crippen LogP contribution >= 0.6 is 0 Å². The summed E-state index contributed by atoms with van der Waals surface area (Å²) in [4.78, 5) is 2.34. The molecule has 2 rings (SSSR count). The molecule has 0 aromatic heterocycles. The van der Waals surface area contributed by atoms with Crippen LogP contribution in [0.2, 0.25) is 0 Å². The number of rotatable bonds is 3. The summed E-state index contributed by atoms with van der Waals surface area (Å²) in [5.74, 6) is 0.397. The van der Waals surface area contributed by atoms with Crippen LogP contribution in [0.25, 0.3) is 0 Å². The standard InChI is InChI=1S/C15H23FN2/c1-10(2)13-8-5-9-18(13)14-7-4-6-12(16)15(14)11(3)17/h4,6-7,10-11,13H,5,8-9,17H2,1-3H3/t11-,13?/m0/s1. The summed E-state index contributed by atoms with van der Waals surface area (Å²) < 4.78 is 14.0. The Balaban J connectivity index is 2.41. The topological polar surface area (TPSA) is 29.3 Å². The molecule has 0 aliphatic carbocycles. The molecule has 1 aromatic rings. The molecule has 0 radical (unpaired) electrons. The zero-order valence-corrected chi connectivity index (χ0v) is 11.5. The van der Waals surface area contributed by atoms with Crippen LogP contribution in [0.5, 0.6) is 0 Å². The highest BCUT2D eigenvalue weighted by Crippen LogP contribution is 2.35. The minimum Gasteiger partial charge on any atom is -0.368 e. The quantitative estimate of drug-likeness (QED) is 0.890. The molecule has 18 heavy (non-hydrogen) atoms. The molecule has 1 aliphatic rings. The third-order valence-electron chi connectivity index (χ3n) is 3.86. The van der Waals surface area contributed by atoms with Crippen molar-refractivity contribution in [3.05, 3.63) is 29.6 Å². The average molecular weight is 250 g/mol. The predicted molar refractivity (Wildman–Crippen MR) is 74.2 cm³/mol. The first-order chi connectivity index (χ1) is 8.52. The third-order valence-corrected chi connectivity index (χ3v) is 3.86. The van der Waals surface area contributed by atoms with Gasteiger partial charge in [0.1, 0.15) is 5.82 Å². The predicted octanol–water partition coefficient (Wildman–Crippen LogP) is 3.47. The summed E-state index contributed by atoms with van der Waals surface area (Å²) in [5.41, 5.74) is 7.58. The highest BCUT2D eigenvalue weighted by atomic mass is 19.1. The zero-order chi connectivity index (χ0) is 13.3. The summed E-state index contributed by atoms with van der Waals surface area (Å²) in [6.45, 7) is 7.32. The molecule has 0 spiro atoms. The Hall–Kier alpha value is -1.09. The van der Waals surface area contributed by atoms with Crippen LogP contribution in [-0.4, -0.2) is 12.6 Å². The van der Waals surface area contributed by atoms with Crippen LogP contribution in [0, 0.1) is 11.7 Å². The number of anilines is 1. The van der Waals surface area contributed by atoms with Gasteiger partial charge >= 0.3 is 0 Å². The van der Waals surface area contributed by atoms with Crippen molar-refractivity contribution in [2.45, 2.75) is 45.7 Å². The molecule has 1 saturated heterocycles. The summed E-state index contributed by atoms with van der Waals surface area (Å²) in [5, 5.41) is 0. The fourth-order valence-corrected chi connectivity index (χ4v) is 3.01. The van der Waals surface area contributed by atoms with Gasteiger partial charge in [-0.15, -0.1) is 0 Å². The molecule has 1 heterocycles. The largest absolute Gasteiger partial charge is 0.368 e. The van der Waals surface area contributed by atoms with Gasteiger partial charge in [-0.1, -0.05) is 19.9 Å². The summed E-state index contributed by atoms with van der Waals surface area (Å²) in [6, 6.07) is 5.52. The molecule has 0 amide bonds. The first kappa shape index (κ1) is 13.3. The van der Waals surface area contributed by atoms with Crippen LogP contribution in [0.3, 0.4) is 0 Å². The lowest BCUT2D eigenvalue weighted by atomic mass is 9.99. The van der Waals surface area contributed by atoms with Gasteiger partial charge in [0.15, 0.2) is 0 Å². The Morgan fingerprint density at radius 2 is 2.06 bits per heavy atom. The van der Waals surface area contributed by atoms with Gasteiger partial charge in [0.05, 0.1) is 0 Å². The second-order valence-corrected chi connectivity index (χ2v) is 5.61. The van der Waals surface area contributed by atoms with Crippen molar-refractivity contribution in [1.29, 1.82) is 0 Å². The van der Waals surface area contributed by atoms with Crippen LogP contribution < -0.4 is 10.6 Å². The average Bonchev–Trinajstić information content (AvgIpc) is 2.76. The van der Waals surface area contributed by atoms with Gasteiger partial charge in [-0.05, 0) is 37.8 Å². The van der Waals surface area contributed by atoms with E-state index in [2.05, 4.69) is 18.7 Å². The maximum Gasteiger partial charge on any atom is 0.130 e. The number of halogens is 1. The molecule has 1 fully saturated rings. The van der Waals surface area contributed by atoms with E-state index in [0.717, 1.165) is 12.2 Å². The van der Waals surface area contributed by atoms with Crippen molar-refractivity contribution >= 4 is 5.69 Å². The Morgan fingerprint density at radius 3 is 2.67 bits per heavy atom. The molecule has 0 saturated carbocycles. The van der Waals surface area contributed by atoms with Gasteiger partial charge in [0, 0.05) is 29.9 Å². The SMILES string of the molecule is CC(C)C1CCCN1c1cccc(F)c1[C@H](C)N. The monoisotopic (exact) mass is 250 g/mol. The van der Waals surface area contributed by atoms with E-state index in [4.69, 9.17) is 5.73 Å². The maximum atomic E-state index is 14.0. The fraction of sp³-hybridized carbons (Fsp3) is 0.600. The Bertz CT molecular complexity index is 415. The van der Waals surface area contributed by atoms with Gasteiger partial charge in [0.25, 0.3) is 0 Å². The lowest BCUT2D eigenvalue weighted by Gasteiger charge is -2.32. The van der Waals surface area contributed by atoms with Gasteiger partial charge < -0.3 is 10.6 Å². The van der Waals surface area contributed by atoms with Crippen molar-refractivity contribution in [3.8, 4) is 0 Å². The number of nitrogens with two attached hydrogens (primary N) is 1. The van der Waals surface area contributed by atoms with Crippen LogP contribution in [0.1, 0.15) is 45.2 Å². The molecule has 100 valence electrons. The van der Waals surface area contributed by atoms with Crippen molar-refractivity contribution in [2.75, 3.05) is 11.4 Å². The van der Waals surface area contributed by atoms with E-state index in [0.29, 0.717) is 17.5 Å². The van der Waals surface area contributed by atoms with Crippen molar-refractivity contribution < 1.29 is 4.39 Å². The van der Waals surface area contributed by atoms with E-state index in [1.54, 1.807) is 6.07 Å². The van der Waals surface area contributed by atoms with Crippen LogP contribution in [0.15, 0.2) is 18.2 Å². The van der Waals surface area contributed by atoms with E-state index in [9.17, 15) is 4.39 Å². The number of nitrogens with zero attached hydrogens (tertiary/aromatic N) is 1. The number of benzene rings is 1. The highest BCUT2D eigenvalue weighted by molar-refractivity contribution is 5.57. The Labute approximate surface area is 109 Å². The van der Waals surface area contributed by atoms with E-state index in [1.165, 1.54) is 18.9 Å². The van der Waals surface area contributed by atoms with Crippen molar-refractivity contribution in [2.24, 2.45) is 11.7 Å². The number of hydrogen-bond donors (Lipinski definition) is 1. The van der Waals surface area contributed by atoms with Crippen LogP contribution in [0.4, 0.5) is 10.1 Å². The number of hydrogen-bond acceptors (Lipinski definition) is 2. The summed E-state index contributed by atoms with van der Waals surface area (Å²) >= 11 is 0. The third kappa shape index (κ3) is 2.37. The van der Waals surface area contributed by atoms with E-state index >= 15 is 0 Å². The van der Waals surface area contributed by atoms with Crippen molar-refractivity contribution in [3.63, 3.8) is 0 Å². The fourth-order valence-electron chi connectivity index (χ4n) is 3.01. The minimum absolute atomic E-state index is 0.183. The molecule has 1 aromatic carbocycles. The normalized spacial score (nSPS) is 21.7. The second kappa shape index (κ2) is 5.27. The Kier molecular flexibility index (Phi) is 3.91. The first-order valence-electron chi connectivity index (χ1n) is 6.83. The van der Waals surface area contributed by atoms with Crippen molar-refractivity contribution in [1.82, 2.24) is 0 Å². The molecule has 1 unspecified atom stereocenters. The minimum atomic E-state index is -0.269. The Morgan fingerprint density at radius 1 is 1.33 bits per heavy atom. The van der Waals surface area contributed by atoms with Gasteiger partial charge in [-0.2, -0.15) is 0 Å². The molecular formula is C15H23FN2. The molecule has 2 nitrogen and oxygen atoms in total. The molecule has 2 atom stereocenters. The van der Waals surface area contributed by atoms with E-state index in [-0.39, 0.29) is 11.9 Å². The maximum absolute atomic E-state index is 14.0. The van der Waals surface area contributed by atoms with E-state index in [1.807, 2.05) is 13.0 Å². The lowest BCUT2D eigenvalue weighted by Crippen LogP contribution is -2.34.